The zero-order valence-corrected chi connectivity index (χ0v) is 49.5. The van der Waals surface area contributed by atoms with Crippen LogP contribution in [0.25, 0.3) is 0 Å². The van der Waals surface area contributed by atoms with Crippen LogP contribution in [-0.4, -0.2) is 221 Å². The van der Waals surface area contributed by atoms with Crippen LogP contribution in [0.5, 0.6) is 0 Å². The molecule has 0 aliphatic heterocycles. The predicted octanol–water partition coefficient (Wildman–Crippen LogP) is 12.4. The minimum Gasteiger partial charge on any atom is -0.333 e. The number of unbranched alkanes of at least 4 members (excludes halogenated alkanes) is 3. The van der Waals surface area contributed by atoms with Crippen LogP contribution in [0.1, 0.15) is 174 Å². The fraction of sp³-hybridized carbons (Fsp3) is 1.00. The first-order valence-corrected chi connectivity index (χ1v) is 26.7. The monoisotopic (exact) mass is 883 g/mol. The summed E-state index contributed by atoms with van der Waals surface area (Å²) in [6.45, 7) is 53.5. The van der Waals surface area contributed by atoms with Crippen molar-refractivity contribution in [3.63, 3.8) is 0 Å². The van der Waals surface area contributed by atoms with Gasteiger partial charge in [0.1, 0.15) is 0 Å². The van der Waals surface area contributed by atoms with Crippen LogP contribution in [0.3, 0.4) is 0 Å². The van der Waals surface area contributed by atoms with Crippen LogP contribution >= 0.6 is 0 Å². The molecule has 0 N–H and O–H groups in total. The van der Waals surface area contributed by atoms with Gasteiger partial charge in [0.15, 0.2) is 0 Å². The molecular weight excluding hydrogens is 747 g/mol. The summed E-state index contributed by atoms with van der Waals surface area (Å²) in [4.78, 5) is 0. The average molecular weight is 884 g/mol. The van der Waals surface area contributed by atoms with Crippen molar-refractivity contribution >= 4 is 0 Å². The Labute approximate surface area is 394 Å². The second kappa shape index (κ2) is 44.9. The molecule has 0 aliphatic rings. The minimum absolute atomic E-state index is 1.00. The van der Waals surface area contributed by atoms with Gasteiger partial charge >= 0.3 is 0 Å². The van der Waals surface area contributed by atoms with Gasteiger partial charge < -0.3 is 31.4 Å². The van der Waals surface area contributed by atoms with Gasteiger partial charge in [-0.1, -0.05) is 74.7 Å². The topological polar surface area (TPSA) is 0 Å². The summed E-state index contributed by atoms with van der Waals surface area (Å²) in [6, 6.07) is 0. The van der Waals surface area contributed by atoms with E-state index in [2.05, 4.69) is 195 Å². The lowest BCUT2D eigenvalue weighted by atomic mass is 10.2. The smallest absolute Gasteiger partial charge is 0.0784 e. The van der Waals surface area contributed by atoms with E-state index in [1.54, 1.807) is 0 Å². The molecular formula is C54H136N7+7. The second-order valence-electron chi connectivity index (χ2n) is 22.5. The maximum atomic E-state index is 2.45. The van der Waals surface area contributed by atoms with Gasteiger partial charge in [0, 0.05) is 0 Å². The van der Waals surface area contributed by atoms with E-state index < -0.39 is 0 Å². The Bertz CT molecular complexity index is 767. The largest absolute Gasteiger partial charge is 0.333 e. The SMILES string of the molecule is CCCC[N+](C)(CCCC)CCCC.CCC[N+](C)(C)CC.CCC[N+](C)(CC)CC.CCC[N+](C)(CCC)CCC.CC[N+](C)(C)C.CC[N+](C)(CC)CC.C[N+](C)(C)C. The van der Waals surface area contributed by atoms with Gasteiger partial charge in [-0.05, 0) is 99.8 Å². The van der Waals surface area contributed by atoms with Crippen molar-refractivity contribution < 1.29 is 31.4 Å². The van der Waals surface area contributed by atoms with Crippen LogP contribution in [0.4, 0.5) is 0 Å². The van der Waals surface area contributed by atoms with Gasteiger partial charge in [-0.15, -0.1) is 0 Å². The normalized spacial score (nSPS) is 12.0. The molecule has 0 aromatic heterocycles. The molecule has 0 rings (SSSR count). The van der Waals surface area contributed by atoms with E-state index >= 15 is 0 Å². The van der Waals surface area contributed by atoms with E-state index in [0.29, 0.717) is 0 Å². The van der Waals surface area contributed by atoms with Crippen LogP contribution in [0.2, 0.25) is 0 Å². The molecule has 0 spiro atoms. The van der Waals surface area contributed by atoms with Crippen molar-refractivity contribution in [1.82, 2.24) is 0 Å². The Kier molecular flexibility index (Phi) is 55.2. The van der Waals surface area contributed by atoms with Gasteiger partial charge in [-0.25, -0.2) is 0 Å². The van der Waals surface area contributed by atoms with E-state index in [0.717, 1.165) is 13.4 Å². The fourth-order valence-corrected chi connectivity index (χ4v) is 6.42. The molecule has 0 atom stereocenters. The summed E-state index contributed by atoms with van der Waals surface area (Å²) < 4.78 is 8.27. The number of rotatable bonds is 26. The number of hydrogen-bond donors (Lipinski definition) is 0. The highest BCUT2D eigenvalue weighted by Crippen LogP contribution is 2.11. The van der Waals surface area contributed by atoms with Gasteiger partial charge in [-0.3, -0.25) is 0 Å². The summed E-state index contributed by atoms with van der Waals surface area (Å²) in [7, 11) is 29.0. The van der Waals surface area contributed by atoms with Crippen LogP contribution < -0.4 is 0 Å². The quantitative estimate of drug-likeness (QED) is 0.0760. The summed E-state index contributed by atoms with van der Waals surface area (Å²) in [5, 5.41) is 0. The Balaban J connectivity index is -0.000000114. The van der Waals surface area contributed by atoms with Crippen molar-refractivity contribution in [3.8, 4) is 0 Å². The molecule has 0 aromatic rings. The second-order valence-corrected chi connectivity index (χ2v) is 22.5. The standard InChI is InChI=1S/C13H30N.C10H24N.C8H20N.2C7H18N.C5H14N.C4H12N/c1-5-8-11-14(4,12-9-6-2)13-10-7-3;1-5-8-11(4,9-6-2)10-7-3;1-5-8-9(4,6-2)7-3;1-5-7-8(3,4)6-2;1-5-8(4,6-2)7-3;1-5-6(2,3)4;1-5(2,3)4/h5-13H2,1-4H3;5-10H2,1-4H3;5-8H2,1-4H3;2*5-7H2,1-4H3;5H2,1-4H3;1-4H3/q7*+1. The molecule has 0 fully saturated rings. The van der Waals surface area contributed by atoms with E-state index in [1.807, 2.05) is 0 Å². The van der Waals surface area contributed by atoms with Gasteiger partial charge in [0.2, 0.25) is 0 Å². The molecule has 0 bridgehead atoms. The summed E-state index contributed by atoms with van der Waals surface area (Å²) >= 11 is 0. The highest BCUT2D eigenvalue weighted by atomic mass is 15.3. The maximum absolute atomic E-state index is 2.45. The third kappa shape index (κ3) is 64.1. The first kappa shape index (κ1) is 75.0. The molecule has 0 aliphatic carbocycles. The van der Waals surface area contributed by atoms with E-state index in [1.165, 1.54) is 187 Å². The zero-order chi connectivity index (χ0) is 49.9. The predicted molar refractivity (Wildman–Crippen MR) is 288 cm³/mol. The molecule has 0 radical (unpaired) electrons. The third-order valence-electron chi connectivity index (χ3n) is 12.7. The lowest BCUT2D eigenvalue weighted by Gasteiger charge is -2.34. The molecule has 0 saturated heterocycles. The summed E-state index contributed by atoms with van der Waals surface area (Å²) in [5.41, 5.74) is 0. The Hall–Kier alpha value is -0.280. The fourth-order valence-electron chi connectivity index (χ4n) is 6.42. The van der Waals surface area contributed by atoms with Crippen molar-refractivity contribution in [2.45, 2.75) is 174 Å². The number of hydrogen-bond acceptors (Lipinski definition) is 0. The van der Waals surface area contributed by atoms with Crippen molar-refractivity contribution in [1.29, 1.82) is 0 Å². The molecule has 0 heterocycles. The van der Waals surface area contributed by atoms with Gasteiger partial charge in [0.25, 0.3) is 0 Å². The highest BCUT2D eigenvalue weighted by Gasteiger charge is 2.19. The molecule has 0 amide bonds. The van der Waals surface area contributed by atoms with Crippen molar-refractivity contribution in [2.24, 2.45) is 0 Å². The number of nitrogens with zero attached hydrogens (tertiary/aromatic N) is 7. The third-order valence-corrected chi connectivity index (χ3v) is 12.7. The van der Waals surface area contributed by atoms with Crippen molar-refractivity contribution in [2.75, 3.05) is 190 Å². The van der Waals surface area contributed by atoms with Crippen LogP contribution in [-0.2, 0) is 0 Å². The molecule has 7 heteroatoms. The van der Waals surface area contributed by atoms with Crippen LogP contribution in [0.15, 0.2) is 0 Å². The average Bonchev–Trinajstić information content (AvgIpc) is 3.19. The lowest BCUT2D eigenvalue weighted by molar-refractivity contribution is -0.910. The summed E-state index contributed by atoms with van der Waals surface area (Å²) in [6.07, 6.45) is 14.7. The maximum Gasteiger partial charge on any atom is 0.0784 e. The first-order valence-electron chi connectivity index (χ1n) is 26.7. The highest BCUT2D eigenvalue weighted by molar-refractivity contribution is 4.44. The Morgan fingerprint density at radius 2 is 0.426 bits per heavy atom. The molecule has 380 valence electrons. The summed E-state index contributed by atoms with van der Waals surface area (Å²) in [5.74, 6) is 0. The first-order chi connectivity index (χ1) is 27.9. The lowest BCUT2D eigenvalue weighted by Crippen LogP contribution is -2.46. The Morgan fingerprint density at radius 1 is 0.213 bits per heavy atom. The molecule has 61 heavy (non-hydrogen) atoms. The van der Waals surface area contributed by atoms with Crippen LogP contribution in [0, 0.1) is 0 Å². The molecule has 7 nitrogen and oxygen atoms in total. The van der Waals surface area contributed by atoms with E-state index in [-0.39, 0.29) is 0 Å². The van der Waals surface area contributed by atoms with E-state index in [9.17, 15) is 0 Å². The van der Waals surface area contributed by atoms with E-state index in [4.69, 9.17) is 0 Å². The minimum atomic E-state index is 1.00. The van der Waals surface area contributed by atoms with Gasteiger partial charge in [0.05, 0.1) is 190 Å². The number of quaternary nitrogens is 7. The zero-order valence-electron chi connectivity index (χ0n) is 49.5. The molecule has 0 saturated carbocycles. The molecule has 0 unspecified atom stereocenters. The molecule has 0 aromatic carbocycles. The van der Waals surface area contributed by atoms with Crippen molar-refractivity contribution in [3.05, 3.63) is 0 Å². The van der Waals surface area contributed by atoms with Gasteiger partial charge in [-0.2, -0.15) is 0 Å². The Morgan fingerprint density at radius 3 is 0.541 bits per heavy atom.